The van der Waals surface area contributed by atoms with Crippen molar-refractivity contribution in [3.63, 3.8) is 0 Å². The highest BCUT2D eigenvalue weighted by atomic mass is 19.3. The first kappa shape index (κ1) is 19.3. The predicted molar refractivity (Wildman–Crippen MR) is 104 cm³/mol. The molecule has 2 aromatic heterocycles. The minimum absolute atomic E-state index is 0.0470. The van der Waals surface area contributed by atoms with E-state index in [-0.39, 0.29) is 38.4 Å². The number of furan rings is 1. The monoisotopic (exact) mass is 401 g/mol. The summed E-state index contributed by atoms with van der Waals surface area (Å²) in [7, 11) is 1.56. The van der Waals surface area contributed by atoms with E-state index < -0.39 is 5.92 Å². The van der Waals surface area contributed by atoms with Gasteiger partial charge in [-0.25, -0.2) is 8.78 Å². The topological polar surface area (TPSA) is 81.6 Å². The Morgan fingerprint density at radius 2 is 2.03 bits per heavy atom. The largest absolute Gasteiger partial charge is 0.493 e. The maximum Gasteiger partial charge on any atom is 0.255 e. The number of amides is 1. The molecule has 29 heavy (non-hydrogen) atoms. The second-order valence-corrected chi connectivity index (χ2v) is 7.09. The number of carbonyl (C=O) groups is 1. The van der Waals surface area contributed by atoms with Gasteiger partial charge in [0.15, 0.2) is 11.3 Å². The Kier molecular flexibility index (Phi) is 4.96. The van der Waals surface area contributed by atoms with Crippen molar-refractivity contribution in [2.24, 2.45) is 5.73 Å². The van der Waals surface area contributed by atoms with Gasteiger partial charge in [-0.15, -0.1) is 0 Å². The lowest BCUT2D eigenvalue weighted by Gasteiger charge is -2.31. The molecule has 2 N–H and O–H groups in total. The van der Waals surface area contributed by atoms with Crippen LogP contribution in [0.3, 0.4) is 0 Å². The van der Waals surface area contributed by atoms with Crippen LogP contribution >= 0.6 is 0 Å². The molecule has 4 rings (SSSR count). The molecular weight excluding hydrogens is 380 g/mol. The number of carbonyl (C=O) groups excluding carboxylic acids is 1. The number of alkyl halides is 2. The third-order valence-corrected chi connectivity index (χ3v) is 5.14. The summed E-state index contributed by atoms with van der Waals surface area (Å²) in [6.07, 6.45) is 0.862. The SMILES string of the molecule is COc1cc(-c2ccc(C(=O)N3CCC(F)(F)CC3)cn2)cc2cc(CN)oc12. The summed E-state index contributed by atoms with van der Waals surface area (Å²) < 4.78 is 37.7. The molecule has 3 heterocycles. The van der Waals surface area contributed by atoms with E-state index in [0.717, 1.165) is 10.9 Å². The first-order valence-electron chi connectivity index (χ1n) is 9.34. The molecule has 0 spiro atoms. The molecule has 152 valence electrons. The van der Waals surface area contributed by atoms with E-state index in [1.54, 1.807) is 19.2 Å². The van der Waals surface area contributed by atoms with E-state index in [4.69, 9.17) is 14.9 Å². The number of methoxy groups -OCH3 is 1. The van der Waals surface area contributed by atoms with Crippen LogP contribution in [0.5, 0.6) is 5.75 Å². The van der Waals surface area contributed by atoms with Crippen molar-refractivity contribution >= 4 is 16.9 Å². The van der Waals surface area contributed by atoms with Gasteiger partial charge >= 0.3 is 0 Å². The smallest absolute Gasteiger partial charge is 0.255 e. The van der Waals surface area contributed by atoms with E-state index in [1.807, 2.05) is 18.2 Å². The molecule has 0 unspecified atom stereocenters. The van der Waals surface area contributed by atoms with Gasteiger partial charge in [-0.05, 0) is 30.3 Å². The van der Waals surface area contributed by atoms with Crippen LogP contribution in [-0.4, -0.2) is 41.9 Å². The Balaban J connectivity index is 1.58. The highest BCUT2D eigenvalue weighted by Gasteiger charge is 2.35. The van der Waals surface area contributed by atoms with Gasteiger partial charge in [-0.1, -0.05) is 0 Å². The number of hydrogen-bond donors (Lipinski definition) is 1. The molecule has 0 atom stereocenters. The molecule has 0 bridgehead atoms. The van der Waals surface area contributed by atoms with Gasteiger partial charge in [0, 0.05) is 43.1 Å². The fourth-order valence-corrected chi connectivity index (χ4v) is 3.48. The zero-order chi connectivity index (χ0) is 20.6. The van der Waals surface area contributed by atoms with Gasteiger partial charge in [0.2, 0.25) is 0 Å². The molecule has 1 amide bonds. The molecule has 0 saturated carbocycles. The lowest BCUT2D eigenvalue weighted by atomic mass is 10.0. The lowest BCUT2D eigenvalue weighted by Crippen LogP contribution is -2.42. The van der Waals surface area contributed by atoms with Crippen molar-refractivity contribution in [3.8, 4) is 17.0 Å². The van der Waals surface area contributed by atoms with Crippen LogP contribution < -0.4 is 10.5 Å². The van der Waals surface area contributed by atoms with Crippen molar-refractivity contribution in [1.82, 2.24) is 9.88 Å². The molecule has 1 aliphatic heterocycles. The average molecular weight is 401 g/mol. The summed E-state index contributed by atoms with van der Waals surface area (Å²) in [5.74, 6) is -1.76. The summed E-state index contributed by atoms with van der Waals surface area (Å²) in [4.78, 5) is 18.4. The second-order valence-electron chi connectivity index (χ2n) is 7.09. The molecular formula is C21H21F2N3O3. The van der Waals surface area contributed by atoms with Crippen LogP contribution in [-0.2, 0) is 6.54 Å². The molecule has 1 aromatic carbocycles. The number of hydrogen-bond acceptors (Lipinski definition) is 5. The minimum Gasteiger partial charge on any atom is -0.493 e. The van der Waals surface area contributed by atoms with E-state index in [2.05, 4.69) is 4.98 Å². The number of pyridine rings is 1. The van der Waals surface area contributed by atoms with Crippen LogP contribution in [0.2, 0.25) is 0 Å². The highest BCUT2D eigenvalue weighted by Crippen LogP contribution is 2.34. The van der Waals surface area contributed by atoms with Crippen LogP contribution in [0.25, 0.3) is 22.2 Å². The minimum atomic E-state index is -2.69. The van der Waals surface area contributed by atoms with Gasteiger partial charge in [0.25, 0.3) is 11.8 Å². The van der Waals surface area contributed by atoms with Crippen molar-refractivity contribution in [2.45, 2.75) is 25.3 Å². The fourth-order valence-electron chi connectivity index (χ4n) is 3.48. The summed E-state index contributed by atoms with van der Waals surface area (Å²) >= 11 is 0. The summed E-state index contributed by atoms with van der Waals surface area (Å²) in [5.41, 5.74) is 8.10. The average Bonchev–Trinajstić information content (AvgIpc) is 3.16. The lowest BCUT2D eigenvalue weighted by molar-refractivity contribution is -0.0494. The molecule has 8 heteroatoms. The number of halogens is 2. The zero-order valence-electron chi connectivity index (χ0n) is 16.0. The Bertz CT molecular complexity index is 1040. The van der Waals surface area contributed by atoms with Gasteiger partial charge in [-0.3, -0.25) is 9.78 Å². The van der Waals surface area contributed by atoms with Crippen molar-refractivity contribution in [2.75, 3.05) is 20.2 Å². The third kappa shape index (κ3) is 3.80. The maximum atomic E-state index is 13.3. The molecule has 1 aliphatic rings. The van der Waals surface area contributed by atoms with Gasteiger partial charge in [0.1, 0.15) is 5.76 Å². The summed E-state index contributed by atoms with van der Waals surface area (Å²) in [5, 5.41) is 0.844. The molecule has 0 radical (unpaired) electrons. The normalized spacial score (nSPS) is 16.2. The maximum absolute atomic E-state index is 13.3. The van der Waals surface area contributed by atoms with E-state index in [9.17, 15) is 13.6 Å². The Hall–Kier alpha value is -3.00. The van der Waals surface area contributed by atoms with Crippen LogP contribution in [0.15, 0.2) is 40.9 Å². The number of piperidine rings is 1. The number of benzene rings is 1. The number of fused-ring (bicyclic) bond motifs is 1. The number of nitrogens with two attached hydrogens (primary N) is 1. The Morgan fingerprint density at radius 3 is 2.66 bits per heavy atom. The van der Waals surface area contributed by atoms with E-state index in [0.29, 0.717) is 28.4 Å². The predicted octanol–water partition coefficient (Wildman–Crippen LogP) is 3.83. The van der Waals surface area contributed by atoms with Gasteiger partial charge < -0.3 is 19.8 Å². The number of nitrogens with zero attached hydrogens (tertiary/aromatic N) is 2. The second kappa shape index (κ2) is 7.44. The quantitative estimate of drug-likeness (QED) is 0.719. The van der Waals surface area contributed by atoms with E-state index >= 15 is 0 Å². The van der Waals surface area contributed by atoms with Gasteiger partial charge in [-0.2, -0.15) is 0 Å². The number of ether oxygens (including phenoxy) is 1. The van der Waals surface area contributed by atoms with Gasteiger partial charge in [0.05, 0.1) is 24.9 Å². The number of rotatable bonds is 4. The van der Waals surface area contributed by atoms with E-state index in [1.165, 1.54) is 11.1 Å². The first-order chi connectivity index (χ1) is 13.9. The molecule has 6 nitrogen and oxygen atoms in total. The highest BCUT2D eigenvalue weighted by molar-refractivity contribution is 5.94. The van der Waals surface area contributed by atoms with Crippen LogP contribution in [0, 0.1) is 0 Å². The summed E-state index contributed by atoms with van der Waals surface area (Å²) in [6.45, 7) is 0.376. The molecule has 0 aliphatic carbocycles. The fraction of sp³-hybridized carbons (Fsp3) is 0.333. The zero-order valence-corrected chi connectivity index (χ0v) is 16.0. The standard InChI is InChI=1S/C21H21F2N3O3/c1-28-18-10-14(8-15-9-16(11-24)29-19(15)18)17-3-2-13(12-25-17)20(27)26-6-4-21(22,23)5-7-26/h2-3,8-10,12H,4-7,11,24H2,1H3. The number of likely N-dealkylation sites (tertiary alicyclic amines) is 1. The van der Waals surface area contributed by atoms with Crippen molar-refractivity contribution in [3.05, 3.63) is 47.9 Å². The molecule has 1 fully saturated rings. The van der Waals surface area contributed by atoms with Crippen molar-refractivity contribution in [1.29, 1.82) is 0 Å². The molecule has 3 aromatic rings. The molecule has 1 saturated heterocycles. The summed E-state index contributed by atoms with van der Waals surface area (Å²) in [6, 6.07) is 8.97. The Morgan fingerprint density at radius 1 is 1.28 bits per heavy atom. The third-order valence-electron chi connectivity index (χ3n) is 5.14. The van der Waals surface area contributed by atoms with Crippen LogP contribution in [0.4, 0.5) is 8.78 Å². The van der Waals surface area contributed by atoms with Crippen molar-refractivity contribution < 1.29 is 22.7 Å². The first-order valence-corrected chi connectivity index (χ1v) is 9.34. The number of aromatic nitrogens is 1. The van der Waals surface area contributed by atoms with Crippen LogP contribution in [0.1, 0.15) is 29.0 Å². The Labute approximate surface area is 166 Å².